The fourth-order valence-electron chi connectivity index (χ4n) is 1.78. The number of furan rings is 1. The third-order valence-corrected chi connectivity index (χ3v) is 2.92. The third-order valence-electron chi connectivity index (χ3n) is 2.92. The van der Waals surface area contributed by atoms with Crippen LogP contribution in [0.3, 0.4) is 0 Å². The maximum Gasteiger partial charge on any atom is 0.129 e. The van der Waals surface area contributed by atoms with Crippen LogP contribution >= 0.6 is 0 Å². The predicted molar refractivity (Wildman–Crippen MR) is 72.5 cm³/mol. The fraction of sp³-hybridized carbons (Fsp3) is 0.333. The highest BCUT2D eigenvalue weighted by Crippen LogP contribution is 2.18. The van der Waals surface area contributed by atoms with Crippen LogP contribution in [0.5, 0.6) is 0 Å². The SMILES string of the molecule is CC(C)c1ccc(NCc2ccc(CO)o2)cc1. The average Bonchev–Trinajstić information content (AvgIpc) is 2.85. The van der Waals surface area contributed by atoms with Gasteiger partial charge in [0, 0.05) is 5.69 Å². The molecule has 0 spiro atoms. The van der Waals surface area contributed by atoms with Crippen LogP contribution in [0, 0.1) is 0 Å². The molecule has 0 unspecified atom stereocenters. The van der Waals surface area contributed by atoms with Crippen molar-refractivity contribution >= 4 is 5.69 Å². The summed E-state index contributed by atoms with van der Waals surface area (Å²) in [6.07, 6.45) is 0. The van der Waals surface area contributed by atoms with E-state index in [9.17, 15) is 0 Å². The molecule has 0 aliphatic heterocycles. The summed E-state index contributed by atoms with van der Waals surface area (Å²) in [7, 11) is 0. The number of benzene rings is 1. The number of hydrogen-bond acceptors (Lipinski definition) is 3. The van der Waals surface area contributed by atoms with Gasteiger partial charge in [-0.1, -0.05) is 26.0 Å². The molecule has 2 aromatic rings. The Labute approximate surface area is 107 Å². The minimum atomic E-state index is -0.0525. The Morgan fingerprint density at radius 2 is 1.72 bits per heavy atom. The standard InChI is InChI=1S/C15H19NO2/c1-11(2)12-3-5-13(6-4-12)16-9-14-7-8-15(10-17)18-14/h3-8,11,16-17H,9-10H2,1-2H3. The van der Waals surface area contributed by atoms with Crippen molar-refractivity contribution in [2.24, 2.45) is 0 Å². The molecule has 1 aromatic carbocycles. The van der Waals surface area contributed by atoms with Crippen LogP contribution < -0.4 is 5.32 Å². The topological polar surface area (TPSA) is 45.4 Å². The quantitative estimate of drug-likeness (QED) is 0.847. The summed E-state index contributed by atoms with van der Waals surface area (Å²) in [5.41, 5.74) is 2.41. The normalized spacial score (nSPS) is 10.9. The van der Waals surface area contributed by atoms with Gasteiger partial charge in [-0.25, -0.2) is 0 Å². The molecule has 96 valence electrons. The maximum absolute atomic E-state index is 8.90. The molecule has 0 aliphatic carbocycles. The lowest BCUT2D eigenvalue weighted by atomic mass is 10.0. The molecule has 2 N–H and O–H groups in total. The van der Waals surface area contributed by atoms with Crippen molar-refractivity contribution in [3.63, 3.8) is 0 Å². The van der Waals surface area contributed by atoms with Crippen molar-refractivity contribution in [2.45, 2.75) is 32.9 Å². The first-order chi connectivity index (χ1) is 8.69. The van der Waals surface area contributed by atoms with E-state index in [1.807, 2.05) is 6.07 Å². The number of rotatable bonds is 5. The molecule has 1 aromatic heterocycles. The van der Waals surface area contributed by atoms with E-state index >= 15 is 0 Å². The van der Waals surface area contributed by atoms with Gasteiger partial charge in [0.2, 0.25) is 0 Å². The molecule has 18 heavy (non-hydrogen) atoms. The van der Waals surface area contributed by atoms with Gasteiger partial charge in [0.15, 0.2) is 0 Å². The molecule has 0 saturated heterocycles. The predicted octanol–water partition coefficient (Wildman–Crippen LogP) is 3.51. The molecule has 0 amide bonds. The largest absolute Gasteiger partial charge is 0.462 e. The zero-order valence-corrected chi connectivity index (χ0v) is 10.8. The fourth-order valence-corrected chi connectivity index (χ4v) is 1.78. The lowest BCUT2D eigenvalue weighted by Gasteiger charge is -2.08. The minimum Gasteiger partial charge on any atom is -0.462 e. The van der Waals surface area contributed by atoms with Crippen molar-refractivity contribution < 1.29 is 9.52 Å². The summed E-state index contributed by atoms with van der Waals surface area (Å²) >= 11 is 0. The van der Waals surface area contributed by atoms with Gasteiger partial charge in [0.1, 0.15) is 18.1 Å². The summed E-state index contributed by atoms with van der Waals surface area (Å²) in [5.74, 6) is 1.98. The molecule has 0 aliphatic rings. The van der Waals surface area contributed by atoms with Gasteiger partial charge in [-0.05, 0) is 35.7 Å². The Morgan fingerprint density at radius 1 is 1.06 bits per heavy atom. The van der Waals surface area contributed by atoms with Gasteiger partial charge in [-0.3, -0.25) is 0 Å². The second kappa shape index (κ2) is 5.74. The van der Waals surface area contributed by atoms with Crippen LogP contribution in [0.25, 0.3) is 0 Å². The lowest BCUT2D eigenvalue weighted by molar-refractivity contribution is 0.244. The Kier molecular flexibility index (Phi) is 4.05. The van der Waals surface area contributed by atoms with E-state index in [1.165, 1.54) is 5.56 Å². The number of hydrogen-bond donors (Lipinski definition) is 2. The van der Waals surface area contributed by atoms with Crippen LogP contribution in [0.1, 0.15) is 36.8 Å². The Morgan fingerprint density at radius 3 is 2.28 bits per heavy atom. The summed E-state index contributed by atoms with van der Waals surface area (Å²) in [6, 6.07) is 12.1. The van der Waals surface area contributed by atoms with E-state index in [0.717, 1.165) is 11.4 Å². The summed E-state index contributed by atoms with van der Waals surface area (Å²) in [4.78, 5) is 0. The van der Waals surface area contributed by atoms with Crippen LogP contribution in [0.15, 0.2) is 40.8 Å². The molecule has 1 heterocycles. The summed E-state index contributed by atoms with van der Waals surface area (Å²) < 4.78 is 5.40. The van der Waals surface area contributed by atoms with Crippen molar-refractivity contribution in [1.29, 1.82) is 0 Å². The highest BCUT2D eigenvalue weighted by atomic mass is 16.4. The molecular weight excluding hydrogens is 226 g/mol. The molecular formula is C15H19NO2. The van der Waals surface area contributed by atoms with Gasteiger partial charge in [0.05, 0.1) is 6.54 Å². The summed E-state index contributed by atoms with van der Waals surface area (Å²) in [5, 5.41) is 12.2. The Bertz CT molecular complexity index is 485. The molecule has 3 heteroatoms. The van der Waals surface area contributed by atoms with Crippen molar-refractivity contribution in [2.75, 3.05) is 5.32 Å². The van der Waals surface area contributed by atoms with E-state index in [4.69, 9.17) is 9.52 Å². The van der Waals surface area contributed by atoms with E-state index in [1.54, 1.807) is 6.07 Å². The number of nitrogens with one attached hydrogen (secondary N) is 1. The zero-order chi connectivity index (χ0) is 13.0. The Balaban J connectivity index is 1.93. The minimum absolute atomic E-state index is 0.0525. The van der Waals surface area contributed by atoms with E-state index in [0.29, 0.717) is 18.2 Å². The lowest BCUT2D eigenvalue weighted by Crippen LogP contribution is -1.98. The van der Waals surface area contributed by atoms with Crippen molar-refractivity contribution in [1.82, 2.24) is 0 Å². The first-order valence-corrected chi connectivity index (χ1v) is 6.21. The van der Waals surface area contributed by atoms with Gasteiger partial charge in [-0.15, -0.1) is 0 Å². The van der Waals surface area contributed by atoms with Crippen molar-refractivity contribution in [3.8, 4) is 0 Å². The van der Waals surface area contributed by atoms with Crippen molar-refractivity contribution in [3.05, 3.63) is 53.5 Å². The zero-order valence-electron chi connectivity index (χ0n) is 10.8. The van der Waals surface area contributed by atoms with Crippen LogP contribution in [-0.2, 0) is 13.2 Å². The summed E-state index contributed by atoms with van der Waals surface area (Å²) in [6.45, 7) is 4.94. The van der Waals surface area contributed by atoms with Crippen LogP contribution in [0.2, 0.25) is 0 Å². The van der Waals surface area contributed by atoms with Gasteiger partial charge >= 0.3 is 0 Å². The molecule has 3 nitrogen and oxygen atoms in total. The van der Waals surface area contributed by atoms with E-state index in [-0.39, 0.29) is 6.61 Å². The second-order valence-corrected chi connectivity index (χ2v) is 4.66. The average molecular weight is 245 g/mol. The van der Waals surface area contributed by atoms with Crippen LogP contribution in [0.4, 0.5) is 5.69 Å². The monoisotopic (exact) mass is 245 g/mol. The number of aliphatic hydroxyl groups excluding tert-OH is 1. The number of aliphatic hydroxyl groups is 1. The number of anilines is 1. The second-order valence-electron chi connectivity index (χ2n) is 4.66. The highest BCUT2D eigenvalue weighted by Gasteiger charge is 2.02. The Hall–Kier alpha value is -1.74. The molecule has 0 fully saturated rings. The van der Waals surface area contributed by atoms with E-state index < -0.39 is 0 Å². The first-order valence-electron chi connectivity index (χ1n) is 6.21. The first kappa shape index (κ1) is 12.7. The molecule has 0 saturated carbocycles. The molecule has 0 radical (unpaired) electrons. The smallest absolute Gasteiger partial charge is 0.129 e. The molecule has 0 bridgehead atoms. The van der Waals surface area contributed by atoms with E-state index in [2.05, 4.69) is 43.4 Å². The van der Waals surface area contributed by atoms with Gasteiger partial charge < -0.3 is 14.8 Å². The van der Waals surface area contributed by atoms with Gasteiger partial charge in [-0.2, -0.15) is 0 Å². The highest BCUT2D eigenvalue weighted by molar-refractivity contribution is 5.45. The molecule has 0 atom stereocenters. The van der Waals surface area contributed by atoms with Crippen LogP contribution in [-0.4, -0.2) is 5.11 Å². The maximum atomic E-state index is 8.90. The molecule has 2 rings (SSSR count). The third kappa shape index (κ3) is 3.14. The van der Waals surface area contributed by atoms with Gasteiger partial charge in [0.25, 0.3) is 0 Å².